The van der Waals surface area contributed by atoms with Crippen molar-refractivity contribution >= 4 is 22.0 Å². The van der Waals surface area contributed by atoms with Crippen LogP contribution in [0.3, 0.4) is 0 Å². The van der Waals surface area contributed by atoms with Gasteiger partial charge in [-0.25, -0.2) is 4.79 Å². The van der Waals surface area contributed by atoms with E-state index in [1.54, 1.807) is 4.90 Å². The van der Waals surface area contributed by atoms with E-state index in [1.807, 2.05) is 24.3 Å². The van der Waals surface area contributed by atoms with E-state index in [0.717, 1.165) is 35.8 Å². The average Bonchev–Trinajstić information content (AvgIpc) is 2.94. The summed E-state index contributed by atoms with van der Waals surface area (Å²) in [6.45, 7) is 2.82. The number of nitrogens with zero attached hydrogens (tertiary/aromatic N) is 1. The van der Waals surface area contributed by atoms with Crippen LogP contribution in [0.15, 0.2) is 28.7 Å². The maximum Gasteiger partial charge on any atom is 0.318 e. The molecule has 5 heteroatoms. The Balaban J connectivity index is 2.07. The Hall–Kier alpha value is -1.07. The molecule has 1 aliphatic heterocycles. The van der Waals surface area contributed by atoms with E-state index < -0.39 is 0 Å². The van der Waals surface area contributed by atoms with Gasteiger partial charge in [0.1, 0.15) is 0 Å². The van der Waals surface area contributed by atoms with Gasteiger partial charge in [-0.05, 0) is 30.9 Å². The molecule has 0 aliphatic carbocycles. The first kappa shape index (κ1) is 15.3. The van der Waals surface area contributed by atoms with Crippen LogP contribution in [0.2, 0.25) is 0 Å². The van der Waals surface area contributed by atoms with E-state index in [9.17, 15) is 9.90 Å². The molecule has 2 rings (SSSR count). The van der Waals surface area contributed by atoms with Crippen LogP contribution in [-0.2, 0) is 0 Å². The molecule has 0 saturated carbocycles. The van der Waals surface area contributed by atoms with Gasteiger partial charge in [0, 0.05) is 11.0 Å². The minimum absolute atomic E-state index is 0.0157. The minimum Gasteiger partial charge on any atom is -0.394 e. The maximum absolute atomic E-state index is 12.4. The second-order valence-corrected chi connectivity index (χ2v) is 5.96. The molecule has 2 N–H and O–H groups in total. The quantitative estimate of drug-likeness (QED) is 0.884. The Kier molecular flexibility index (Phi) is 5.43. The van der Waals surface area contributed by atoms with Crippen molar-refractivity contribution in [3.8, 4) is 0 Å². The summed E-state index contributed by atoms with van der Waals surface area (Å²) in [5.74, 6) is 0. The zero-order valence-corrected chi connectivity index (χ0v) is 13.3. The number of carbonyl (C=O) groups excluding carboxylic acids is 1. The smallest absolute Gasteiger partial charge is 0.318 e. The lowest BCUT2D eigenvalue weighted by atomic mass is 10.0. The van der Waals surface area contributed by atoms with Crippen LogP contribution < -0.4 is 5.32 Å². The van der Waals surface area contributed by atoms with Crippen LogP contribution >= 0.6 is 15.9 Å². The Morgan fingerprint density at radius 1 is 1.55 bits per heavy atom. The molecule has 1 aliphatic rings. The minimum atomic E-state index is -0.0795. The van der Waals surface area contributed by atoms with E-state index in [0.29, 0.717) is 0 Å². The number of likely N-dealkylation sites (tertiary alicyclic amines) is 1. The van der Waals surface area contributed by atoms with Crippen molar-refractivity contribution in [3.05, 3.63) is 34.3 Å². The summed E-state index contributed by atoms with van der Waals surface area (Å²) in [5, 5.41) is 12.4. The topological polar surface area (TPSA) is 52.6 Å². The molecule has 4 nitrogen and oxygen atoms in total. The number of carbonyl (C=O) groups is 1. The first-order valence-electron chi connectivity index (χ1n) is 7.09. The average molecular weight is 341 g/mol. The lowest BCUT2D eigenvalue weighted by Gasteiger charge is -2.27. The molecular weight excluding hydrogens is 320 g/mol. The van der Waals surface area contributed by atoms with E-state index in [1.165, 1.54) is 0 Å². The first-order chi connectivity index (χ1) is 9.67. The van der Waals surface area contributed by atoms with Crippen LogP contribution in [0.4, 0.5) is 4.79 Å². The van der Waals surface area contributed by atoms with Crippen LogP contribution in [0.5, 0.6) is 0 Å². The summed E-state index contributed by atoms with van der Waals surface area (Å²) >= 11 is 3.53. The zero-order valence-electron chi connectivity index (χ0n) is 11.7. The third-order valence-electron chi connectivity index (χ3n) is 3.84. The summed E-state index contributed by atoms with van der Waals surface area (Å²) in [5.41, 5.74) is 1.09. The number of hydrogen-bond acceptors (Lipinski definition) is 2. The molecule has 0 radical (unpaired) electrons. The third-order valence-corrected chi connectivity index (χ3v) is 4.56. The standard InChI is InChI=1S/C15H21BrN2O2/c1-2-14(12-7-3-4-8-13(12)16)17-15(20)18-9-5-6-11(18)10-19/h3-4,7-8,11,14,19H,2,5-6,9-10H2,1H3,(H,17,20)/t11-,14+/m1/s1. The predicted molar refractivity (Wildman–Crippen MR) is 82.5 cm³/mol. The lowest BCUT2D eigenvalue weighted by Crippen LogP contribution is -2.45. The summed E-state index contributed by atoms with van der Waals surface area (Å²) < 4.78 is 1.01. The van der Waals surface area contributed by atoms with Crippen molar-refractivity contribution in [1.82, 2.24) is 10.2 Å². The Morgan fingerprint density at radius 3 is 2.95 bits per heavy atom. The van der Waals surface area contributed by atoms with Crippen molar-refractivity contribution in [2.24, 2.45) is 0 Å². The van der Waals surface area contributed by atoms with E-state index in [-0.39, 0.29) is 24.7 Å². The molecule has 0 unspecified atom stereocenters. The zero-order chi connectivity index (χ0) is 14.5. The van der Waals surface area contributed by atoms with E-state index >= 15 is 0 Å². The van der Waals surface area contributed by atoms with Crippen molar-refractivity contribution in [2.75, 3.05) is 13.2 Å². The molecule has 2 atom stereocenters. The number of halogens is 1. The molecule has 20 heavy (non-hydrogen) atoms. The van der Waals surface area contributed by atoms with Gasteiger partial charge in [0.25, 0.3) is 0 Å². The lowest BCUT2D eigenvalue weighted by molar-refractivity contribution is 0.154. The van der Waals surface area contributed by atoms with Gasteiger partial charge in [-0.1, -0.05) is 41.1 Å². The van der Waals surface area contributed by atoms with Gasteiger partial charge in [0.2, 0.25) is 0 Å². The SMILES string of the molecule is CC[C@H](NC(=O)N1CCC[C@@H]1CO)c1ccccc1Br. The second-order valence-electron chi connectivity index (χ2n) is 5.10. The molecule has 1 saturated heterocycles. The van der Waals surface area contributed by atoms with Crippen LogP contribution in [0, 0.1) is 0 Å². The molecule has 0 aromatic heterocycles. The summed E-state index contributed by atoms with van der Waals surface area (Å²) in [4.78, 5) is 14.1. The van der Waals surface area contributed by atoms with Crippen LogP contribution in [0.1, 0.15) is 37.8 Å². The fraction of sp³-hybridized carbons (Fsp3) is 0.533. The Labute approximate surface area is 128 Å². The van der Waals surface area contributed by atoms with Gasteiger partial charge < -0.3 is 15.3 Å². The number of aliphatic hydroxyl groups is 1. The van der Waals surface area contributed by atoms with Crippen molar-refractivity contribution < 1.29 is 9.90 Å². The summed E-state index contributed by atoms with van der Waals surface area (Å²) in [7, 11) is 0. The number of nitrogens with one attached hydrogen (secondary N) is 1. The number of benzene rings is 1. The molecule has 0 spiro atoms. The number of hydrogen-bond donors (Lipinski definition) is 2. The van der Waals surface area contributed by atoms with Crippen molar-refractivity contribution in [1.29, 1.82) is 0 Å². The first-order valence-corrected chi connectivity index (χ1v) is 7.89. The molecule has 110 valence electrons. The molecule has 2 amide bonds. The summed E-state index contributed by atoms with van der Waals surface area (Å²) in [6.07, 6.45) is 2.67. The van der Waals surface area contributed by atoms with Crippen molar-refractivity contribution in [3.63, 3.8) is 0 Å². The monoisotopic (exact) mass is 340 g/mol. The molecule has 1 heterocycles. The fourth-order valence-electron chi connectivity index (χ4n) is 2.68. The number of aliphatic hydroxyl groups excluding tert-OH is 1. The molecular formula is C15H21BrN2O2. The molecule has 1 fully saturated rings. The van der Waals surface area contributed by atoms with Crippen LogP contribution in [-0.4, -0.2) is 35.2 Å². The fourth-order valence-corrected chi connectivity index (χ4v) is 3.24. The van der Waals surface area contributed by atoms with Gasteiger partial charge >= 0.3 is 6.03 Å². The summed E-state index contributed by atoms with van der Waals surface area (Å²) in [6, 6.07) is 7.81. The van der Waals surface area contributed by atoms with Gasteiger partial charge in [0.05, 0.1) is 18.7 Å². The Morgan fingerprint density at radius 2 is 2.30 bits per heavy atom. The second kappa shape index (κ2) is 7.09. The highest BCUT2D eigenvalue weighted by atomic mass is 79.9. The van der Waals surface area contributed by atoms with Gasteiger partial charge in [0.15, 0.2) is 0 Å². The normalized spacial score (nSPS) is 19.9. The molecule has 0 bridgehead atoms. The predicted octanol–water partition coefficient (Wildman–Crippen LogP) is 3.07. The molecule has 1 aromatic rings. The van der Waals surface area contributed by atoms with Gasteiger partial charge in [-0.2, -0.15) is 0 Å². The third kappa shape index (κ3) is 3.33. The largest absolute Gasteiger partial charge is 0.394 e. The number of amides is 2. The molecule has 1 aromatic carbocycles. The number of rotatable bonds is 4. The highest BCUT2D eigenvalue weighted by Crippen LogP contribution is 2.26. The van der Waals surface area contributed by atoms with E-state index in [4.69, 9.17) is 0 Å². The van der Waals surface area contributed by atoms with Crippen LogP contribution in [0.25, 0.3) is 0 Å². The van der Waals surface area contributed by atoms with Gasteiger partial charge in [-0.3, -0.25) is 0 Å². The Bertz CT molecular complexity index is 467. The van der Waals surface area contributed by atoms with Gasteiger partial charge in [-0.15, -0.1) is 0 Å². The van der Waals surface area contributed by atoms with Crippen molar-refractivity contribution in [2.45, 2.75) is 38.3 Å². The highest BCUT2D eigenvalue weighted by molar-refractivity contribution is 9.10. The van der Waals surface area contributed by atoms with E-state index in [2.05, 4.69) is 28.2 Å². The highest BCUT2D eigenvalue weighted by Gasteiger charge is 2.29. The maximum atomic E-state index is 12.4. The number of urea groups is 1.